The first kappa shape index (κ1) is 33.1. The number of aromatic nitrogens is 4. The molecule has 0 spiro atoms. The van der Waals surface area contributed by atoms with Crippen molar-refractivity contribution in [2.24, 2.45) is 7.05 Å². The van der Waals surface area contributed by atoms with Crippen LogP contribution in [0.5, 0.6) is 0 Å². The smallest absolute Gasteiger partial charge is 0.475 e. The fraction of sp³-hybridized carbons (Fsp3) is 0.375. The Morgan fingerprint density at radius 3 is 2.10 bits per heavy atom. The van der Waals surface area contributed by atoms with Crippen LogP contribution in [0.25, 0.3) is 0 Å². The number of rotatable bonds is 6. The van der Waals surface area contributed by atoms with E-state index in [0.29, 0.717) is 13.2 Å². The van der Waals surface area contributed by atoms with E-state index in [1.54, 1.807) is 6.20 Å². The van der Waals surface area contributed by atoms with Crippen LogP contribution in [0.15, 0.2) is 48.7 Å². The zero-order valence-electron chi connectivity index (χ0n) is 21.2. The lowest BCUT2D eigenvalue weighted by molar-refractivity contribution is -0.193. The zero-order chi connectivity index (χ0) is 30.8. The van der Waals surface area contributed by atoms with Crippen molar-refractivity contribution >= 4 is 11.9 Å². The summed E-state index contributed by atoms with van der Waals surface area (Å²) in [5, 5.41) is 22.8. The summed E-state index contributed by atoms with van der Waals surface area (Å²) in [4.78, 5) is 24.4. The topological polar surface area (TPSA) is 131 Å². The molecule has 224 valence electrons. The molecule has 0 amide bonds. The molecule has 0 aliphatic carbocycles. The summed E-state index contributed by atoms with van der Waals surface area (Å²) in [6, 6.07) is 12.5. The molecule has 0 saturated carbocycles. The number of aryl methyl sites for hydroxylation is 1. The molecule has 3 heterocycles. The summed E-state index contributed by atoms with van der Waals surface area (Å²) in [7, 11) is 1.92. The first-order valence-electron chi connectivity index (χ1n) is 11.5. The third-order valence-corrected chi connectivity index (χ3v) is 5.28. The van der Waals surface area contributed by atoms with Gasteiger partial charge in [0.2, 0.25) is 0 Å². The molecule has 1 aromatic carbocycles. The number of hydrogen-bond donors (Lipinski definition) is 2. The monoisotopic (exact) mass is 595 g/mol. The Kier molecular flexibility index (Phi) is 11.7. The van der Waals surface area contributed by atoms with Gasteiger partial charge >= 0.3 is 24.3 Å². The summed E-state index contributed by atoms with van der Waals surface area (Å²) in [6.45, 7) is 3.37. The predicted molar refractivity (Wildman–Crippen MR) is 126 cm³/mol. The summed E-state index contributed by atoms with van der Waals surface area (Å²) in [5.74, 6) is -5.55. The number of aliphatic carboxylic acids is 2. The van der Waals surface area contributed by atoms with Crippen LogP contribution in [0.2, 0.25) is 0 Å². The molecule has 0 fully saturated rings. The molecule has 1 aliphatic rings. The average molecular weight is 595 g/mol. The van der Waals surface area contributed by atoms with E-state index in [-0.39, 0.29) is 11.7 Å². The first-order valence-corrected chi connectivity index (χ1v) is 11.5. The SMILES string of the molecule is Cn1nnc2c1C(COCc1ccccn1)CN(Cc1ccc(F)cc1)C2.O=C(O)C(F)(F)F.O=C(O)C(F)(F)F. The second-order valence-electron chi connectivity index (χ2n) is 8.48. The lowest BCUT2D eigenvalue weighted by Crippen LogP contribution is -2.36. The van der Waals surface area contributed by atoms with E-state index in [1.807, 2.05) is 42.1 Å². The van der Waals surface area contributed by atoms with Crippen molar-refractivity contribution in [1.82, 2.24) is 24.9 Å². The van der Waals surface area contributed by atoms with Crippen LogP contribution in [0.3, 0.4) is 0 Å². The molecule has 1 atom stereocenters. The maximum absolute atomic E-state index is 13.2. The number of carboxylic acids is 2. The van der Waals surface area contributed by atoms with Gasteiger partial charge in [0.15, 0.2) is 0 Å². The summed E-state index contributed by atoms with van der Waals surface area (Å²) in [5.41, 5.74) is 4.11. The van der Waals surface area contributed by atoms with Crippen molar-refractivity contribution in [1.29, 1.82) is 0 Å². The van der Waals surface area contributed by atoms with E-state index in [9.17, 15) is 30.7 Å². The second-order valence-corrected chi connectivity index (χ2v) is 8.48. The van der Waals surface area contributed by atoms with Crippen LogP contribution in [0.4, 0.5) is 30.7 Å². The third-order valence-electron chi connectivity index (χ3n) is 5.28. The molecule has 3 aromatic rings. The number of ether oxygens (including phenoxy) is 1. The molecule has 1 aliphatic heterocycles. The van der Waals surface area contributed by atoms with E-state index in [1.165, 1.54) is 12.1 Å². The van der Waals surface area contributed by atoms with Gasteiger partial charge in [0.25, 0.3) is 0 Å². The van der Waals surface area contributed by atoms with Crippen LogP contribution >= 0.6 is 0 Å². The highest BCUT2D eigenvalue weighted by Gasteiger charge is 2.39. The minimum absolute atomic E-state index is 0.179. The largest absolute Gasteiger partial charge is 0.490 e. The van der Waals surface area contributed by atoms with Crippen molar-refractivity contribution < 1.29 is 55.3 Å². The Morgan fingerprint density at radius 1 is 1.00 bits per heavy atom. The van der Waals surface area contributed by atoms with Crippen molar-refractivity contribution in [3.8, 4) is 0 Å². The highest BCUT2D eigenvalue weighted by Crippen LogP contribution is 2.28. The van der Waals surface area contributed by atoms with Crippen LogP contribution in [0.1, 0.15) is 28.6 Å². The Hall–Kier alpha value is -4.12. The average Bonchev–Trinajstić information content (AvgIpc) is 3.26. The maximum atomic E-state index is 13.2. The van der Waals surface area contributed by atoms with Gasteiger partial charge in [-0.3, -0.25) is 14.6 Å². The Bertz CT molecular complexity index is 1240. The third kappa shape index (κ3) is 11.1. The van der Waals surface area contributed by atoms with E-state index >= 15 is 0 Å². The number of fused-ring (bicyclic) bond motifs is 1. The van der Waals surface area contributed by atoms with Gasteiger partial charge in [-0.25, -0.2) is 14.0 Å². The van der Waals surface area contributed by atoms with Crippen LogP contribution in [-0.4, -0.2) is 72.5 Å². The molecule has 0 radical (unpaired) electrons. The van der Waals surface area contributed by atoms with Crippen molar-refractivity contribution in [3.05, 3.63) is 77.1 Å². The summed E-state index contributed by atoms with van der Waals surface area (Å²) >= 11 is 0. The van der Waals surface area contributed by atoms with E-state index in [4.69, 9.17) is 24.5 Å². The quantitative estimate of drug-likeness (QED) is 0.407. The normalized spacial score (nSPS) is 15.1. The summed E-state index contributed by atoms with van der Waals surface area (Å²) < 4.78 is 84.4. The fourth-order valence-electron chi connectivity index (χ4n) is 3.58. The molecule has 0 bridgehead atoms. The molecular formula is C24H24F7N5O5. The van der Waals surface area contributed by atoms with Crippen LogP contribution in [-0.2, 0) is 41.1 Å². The van der Waals surface area contributed by atoms with Gasteiger partial charge in [-0.05, 0) is 29.8 Å². The van der Waals surface area contributed by atoms with Gasteiger partial charge in [-0.1, -0.05) is 23.4 Å². The fourth-order valence-corrected chi connectivity index (χ4v) is 3.58. The first-order chi connectivity index (χ1) is 19.1. The Morgan fingerprint density at radius 2 is 1.59 bits per heavy atom. The molecular weight excluding hydrogens is 571 g/mol. The van der Waals surface area contributed by atoms with Crippen molar-refractivity contribution in [2.75, 3.05) is 13.2 Å². The molecule has 2 aromatic heterocycles. The molecule has 4 rings (SSSR count). The predicted octanol–water partition coefficient (Wildman–Crippen LogP) is 3.93. The van der Waals surface area contributed by atoms with Gasteiger partial charge in [0.05, 0.1) is 24.6 Å². The van der Waals surface area contributed by atoms with Gasteiger partial charge < -0.3 is 14.9 Å². The molecule has 1 unspecified atom stereocenters. The number of carboxylic acid groups (broad SMARTS) is 2. The minimum atomic E-state index is -5.08. The molecule has 10 nitrogen and oxygen atoms in total. The van der Waals surface area contributed by atoms with Crippen LogP contribution in [0, 0.1) is 5.82 Å². The minimum Gasteiger partial charge on any atom is -0.475 e. The van der Waals surface area contributed by atoms with Crippen LogP contribution < -0.4 is 0 Å². The molecule has 2 N–H and O–H groups in total. The van der Waals surface area contributed by atoms with Gasteiger partial charge in [0.1, 0.15) is 11.5 Å². The Labute approximate surface area is 228 Å². The van der Waals surface area contributed by atoms with Crippen molar-refractivity contribution in [3.63, 3.8) is 0 Å². The number of benzene rings is 1. The molecule has 0 saturated heterocycles. The maximum Gasteiger partial charge on any atom is 0.490 e. The van der Waals surface area contributed by atoms with Gasteiger partial charge in [0, 0.05) is 38.8 Å². The van der Waals surface area contributed by atoms with E-state index < -0.39 is 24.3 Å². The van der Waals surface area contributed by atoms with Crippen molar-refractivity contribution in [2.45, 2.75) is 38.0 Å². The highest BCUT2D eigenvalue weighted by molar-refractivity contribution is 5.73. The second kappa shape index (κ2) is 14.5. The number of pyridine rings is 1. The Balaban J connectivity index is 0.000000349. The van der Waals surface area contributed by atoms with E-state index in [2.05, 4.69) is 20.2 Å². The number of hydrogen-bond acceptors (Lipinski definition) is 7. The lowest BCUT2D eigenvalue weighted by Gasteiger charge is -2.32. The number of nitrogens with zero attached hydrogens (tertiary/aromatic N) is 5. The number of halogens is 7. The molecule has 17 heteroatoms. The number of alkyl halides is 6. The number of carbonyl (C=O) groups is 2. The standard InChI is InChI=1S/C20H22FN5O.2C2HF3O2/c1-25-20-16(13-27-14-18-4-2-3-9-22-18)11-26(12-19(20)23-24-25)10-15-5-7-17(21)8-6-15;2*3-2(4,5)1(6)7/h2-9,16H,10-14H2,1H3;2*(H,6,7). The van der Waals surface area contributed by atoms with E-state index in [0.717, 1.165) is 42.3 Å². The van der Waals surface area contributed by atoms with Gasteiger partial charge in [-0.2, -0.15) is 26.3 Å². The van der Waals surface area contributed by atoms with Gasteiger partial charge in [-0.15, -0.1) is 5.10 Å². The lowest BCUT2D eigenvalue weighted by atomic mass is 9.98. The molecule has 41 heavy (non-hydrogen) atoms. The zero-order valence-corrected chi connectivity index (χ0v) is 21.2. The highest BCUT2D eigenvalue weighted by atomic mass is 19.4. The summed E-state index contributed by atoms with van der Waals surface area (Å²) in [6.07, 6.45) is -8.40.